The lowest BCUT2D eigenvalue weighted by molar-refractivity contribution is -0.118. The second kappa shape index (κ2) is 4.73. The molecule has 106 valence electrons. The zero-order valence-corrected chi connectivity index (χ0v) is 11.6. The molecule has 0 spiro atoms. The average Bonchev–Trinajstić information content (AvgIpc) is 2.80. The number of fused-ring (bicyclic) bond motifs is 1. The molecule has 1 saturated heterocycles. The number of aromatic nitrogens is 4. The van der Waals surface area contributed by atoms with E-state index in [2.05, 4.69) is 15.2 Å². The van der Waals surface area contributed by atoms with Crippen molar-refractivity contribution in [1.82, 2.24) is 19.6 Å². The first-order chi connectivity index (χ1) is 9.58. The van der Waals surface area contributed by atoms with Crippen LogP contribution in [0.4, 0.5) is 5.82 Å². The summed E-state index contributed by atoms with van der Waals surface area (Å²) in [6, 6.07) is 1.63. The van der Waals surface area contributed by atoms with E-state index in [-0.39, 0.29) is 17.5 Å². The highest BCUT2D eigenvalue weighted by molar-refractivity contribution is 5.85. The number of carbonyl (C=O) groups excluding carboxylic acids is 1. The number of Topliss-reactive ketones (excluding diaryl/α,β-unsaturated/α-hetero) is 1. The van der Waals surface area contributed by atoms with E-state index in [0.29, 0.717) is 17.3 Å². The van der Waals surface area contributed by atoms with E-state index in [1.54, 1.807) is 19.9 Å². The SMILES string of the molecule is CC(=O)C1CCCCN1c1cc2n[nH]c(=O)n2c(C)n1. The van der Waals surface area contributed by atoms with E-state index in [1.165, 1.54) is 4.40 Å². The molecule has 1 atom stereocenters. The van der Waals surface area contributed by atoms with Crippen molar-refractivity contribution in [3.8, 4) is 0 Å². The van der Waals surface area contributed by atoms with Crippen LogP contribution in [0.3, 0.4) is 0 Å². The van der Waals surface area contributed by atoms with Crippen LogP contribution >= 0.6 is 0 Å². The van der Waals surface area contributed by atoms with Crippen molar-refractivity contribution in [1.29, 1.82) is 0 Å². The molecule has 0 saturated carbocycles. The predicted molar refractivity (Wildman–Crippen MR) is 74.0 cm³/mol. The minimum atomic E-state index is -0.293. The van der Waals surface area contributed by atoms with Crippen molar-refractivity contribution in [2.24, 2.45) is 0 Å². The lowest BCUT2D eigenvalue weighted by Gasteiger charge is -2.35. The topological polar surface area (TPSA) is 83.4 Å². The van der Waals surface area contributed by atoms with Crippen molar-refractivity contribution in [3.63, 3.8) is 0 Å². The fraction of sp³-hybridized carbons (Fsp3) is 0.538. The van der Waals surface area contributed by atoms with E-state index >= 15 is 0 Å². The maximum Gasteiger partial charge on any atom is 0.349 e. The second-order valence-electron chi connectivity index (χ2n) is 5.20. The fourth-order valence-corrected chi connectivity index (χ4v) is 2.86. The number of hydrogen-bond donors (Lipinski definition) is 1. The standard InChI is InChI=1S/C13H17N5O2/c1-8(19)10-5-3-4-6-17(10)11-7-12-15-16-13(20)18(12)9(2)14-11/h7,10H,3-6H2,1-2H3,(H,16,20). The molecule has 7 heteroatoms. The molecule has 1 fully saturated rings. The molecule has 20 heavy (non-hydrogen) atoms. The highest BCUT2D eigenvalue weighted by atomic mass is 16.1. The first kappa shape index (κ1) is 12.8. The van der Waals surface area contributed by atoms with Gasteiger partial charge in [-0.2, -0.15) is 5.10 Å². The first-order valence-corrected chi connectivity index (χ1v) is 6.80. The molecule has 0 bridgehead atoms. The van der Waals surface area contributed by atoms with Gasteiger partial charge in [0.15, 0.2) is 11.4 Å². The van der Waals surface area contributed by atoms with Crippen molar-refractivity contribution in [2.45, 2.75) is 39.2 Å². The van der Waals surface area contributed by atoms with Gasteiger partial charge in [0.25, 0.3) is 0 Å². The number of anilines is 1. The van der Waals surface area contributed by atoms with Gasteiger partial charge in [0, 0.05) is 12.6 Å². The van der Waals surface area contributed by atoms with Crippen LogP contribution in [0.15, 0.2) is 10.9 Å². The van der Waals surface area contributed by atoms with E-state index in [9.17, 15) is 9.59 Å². The molecule has 0 aliphatic carbocycles. The Morgan fingerprint density at radius 1 is 1.45 bits per heavy atom. The average molecular weight is 275 g/mol. The number of aromatic amines is 1. The van der Waals surface area contributed by atoms with E-state index < -0.39 is 0 Å². The summed E-state index contributed by atoms with van der Waals surface area (Å²) in [6.07, 6.45) is 2.96. The maximum atomic E-state index is 11.8. The molecule has 0 amide bonds. The number of carbonyl (C=O) groups is 1. The van der Waals surface area contributed by atoms with Gasteiger partial charge in [0.1, 0.15) is 11.6 Å². The van der Waals surface area contributed by atoms with Gasteiger partial charge in [-0.25, -0.2) is 19.3 Å². The van der Waals surface area contributed by atoms with Crippen molar-refractivity contribution in [3.05, 3.63) is 22.4 Å². The summed E-state index contributed by atoms with van der Waals surface area (Å²) in [5, 5.41) is 6.39. The van der Waals surface area contributed by atoms with Crippen LogP contribution in [0.1, 0.15) is 32.0 Å². The third-order valence-corrected chi connectivity index (χ3v) is 3.82. The molecule has 1 aliphatic heterocycles. The van der Waals surface area contributed by atoms with Crippen LogP contribution in [0.5, 0.6) is 0 Å². The lowest BCUT2D eigenvalue weighted by atomic mass is 9.99. The van der Waals surface area contributed by atoms with Gasteiger partial charge < -0.3 is 4.90 Å². The molecule has 2 aromatic heterocycles. The van der Waals surface area contributed by atoms with Crippen molar-refractivity contribution < 1.29 is 4.79 Å². The highest BCUT2D eigenvalue weighted by Crippen LogP contribution is 2.24. The Kier molecular flexibility index (Phi) is 3.04. The van der Waals surface area contributed by atoms with Crippen LogP contribution in [-0.4, -0.2) is 38.0 Å². The largest absolute Gasteiger partial charge is 0.349 e. The Balaban J connectivity index is 2.08. The number of aryl methyl sites for hydroxylation is 1. The van der Waals surface area contributed by atoms with Crippen LogP contribution in [0, 0.1) is 6.92 Å². The Morgan fingerprint density at radius 3 is 3.00 bits per heavy atom. The number of hydrogen-bond acceptors (Lipinski definition) is 5. The van der Waals surface area contributed by atoms with Gasteiger partial charge in [-0.05, 0) is 33.1 Å². The molecule has 1 unspecified atom stereocenters. The van der Waals surface area contributed by atoms with Gasteiger partial charge >= 0.3 is 5.69 Å². The Labute approximate surface area is 115 Å². The number of nitrogens with one attached hydrogen (secondary N) is 1. The summed E-state index contributed by atoms with van der Waals surface area (Å²) in [7, 11) is 0. The number of H-pyrrole nitrogens is 1. The number of rotatable bonds is 2. The minimum absolute atomic E-state index is 0.122. The Bertz CT molecular complexity index is 717. The van der Waals surface area contributed by atoms with Gasteiger partial charge in [-0.3, -0.25) is 4.79 Å². The van der Waals surface area contributed by atoms with Crippen LogP contribution in [0.2, 0.25) is 0 Å². The smallest absolute Gasteiger partial charge is 0.346 e. The molecule has 0 aromatic carbocycles. The van der Waals surface area contributed by atoms with Crippen molar-refractivity contribution in [2.75, 3.05) is 11.4 Å². The second-order valence-corrected chi connectivity index (χ2v) is 5.20. The summed E-state index contributed by atoms with van der Waals surface area (Å²) in [4.78, 5) is 29.9. The number of piperidine rings is 1. The van der Waals surface area contributed by atoms with Gasteiger partial charge in [-0.1, -0.05) is 0 Å². The van der Waals surface area contributed by atoms with Crippen LogP contribution in [0.25, 0.3) is 5.65 Å². The molecular weight excluding hydrogens is 258 g/mol. The zero-order valence-electron chi connectivity index (χ0n) is 11.6. The lowest BCUT2D eigenvalue weighted by Crippen LogP contribution is -2.44. The van der Waals surface area contributed by atoms with Gasteiger partial charge in [0.2, 0.25) is 0 Å². The normalized spacial score (nSPS) is 19.5. The third kappa shape index (κ3) is 1.99. The number of nitrogens with zero attached hydrogens (tertiary/aromatic N) is 4. The summed E-state index contributed by atoms with van der Waals surface area (Å²) in [5.41, 5.74) is 0.240. The number of ketones is 1. The predicted octanol–water partition coefficient (Wildman–Crippen LogP) is 0.674. The molecule has 3 rings (SSSR count). The van der Waals surface area contributed by atoms with E-state index in [1.807, 2.05) is 4.90 Å². The van der Waals surface area contributed by atoms with E-state index in [4.69, 9.17) is 0 Å². The van der Waals surface area contributed by atoms with Crippen molar-refractivity contribution >= 4 is 17.2 Å². The van der Waals surface area contributed by atoms with Gasteiger partial charge in [0.05, 0.1) is 6.04 Å². The maximum absolute atomic E-state index is 11.8. The molecule has 2 aromatic rings. The zero-order chi connectivity index (χ0) is 14.3. The summed E-state index contributed by atoms with van der Waals surface area (Å²) in [6.45, 7) is 4.19. The fourth-order valence-electron chi connectivity index (χ4n) is 2.86. The van der Waals surface area contributed by atoms with Crippen LogP contribution < -0.4 is 10.6 Å². The molecule has 7 nitrogen and oxygen atoms in total. The molecule has 3 heterocycles. The minimum Gasteiger partial charge on any atom is -0.346 e. The molecular formula is C13H17N5O2. The Morgan fingerprint density at radius 2 is 2.25 bits per heavy atom. The highest BCUT2D eigenvalue weighted by Gasteiger charge is 2.27. The summed E-state index contributed by atoms with van der Waals surface area (Å²) >= 11 is 0. The summed E-state index contributed by atoms with van der Waals surface area (Å²) < 4.78 is 1.43. The third-order valence-electron chi connectivity index (χ3n) is 3.82. The molecule has 1 aliphatic rings. The molecule has 1 N–H and O–H groups in total. The first-order valence-electron chi connectivity index (χ1n) is 6.80. The molecule has 0 radical (unpaired) electrons. The summed E-state index contributed by atoms with van der Waals surface area (Å²) in [5.74, 6) is 1.45. The van der Waals surface area contributed by atoms with E-state index in [0.717, 1.165) is 25.8 Å². The monoisotopic (exact) mass is 275 g/mol. The van der Waals surface area contributed by atoms with Crippen LogP contribution in [-0.2, 0) is 4.79 Å². The Hall–Kier alpha value is -2.18. The quantitative estimate of drug-likeness (QED) is 0.871. The van der Waals surface area contributed by atoms with Gasteiger partial charge in [-0.15, -0.1) is 0 Å².